The van der Waals surface area contributed by atoms with Crippen LogP contribution in [0.5, 0.6) is 0 Å². The number of hydrogen-bond donors (Lipinski definition) is 0. The second-order valence-electron chi connectivity index (χ2n) is 3.37. The maximum absolute atomic E-state index is 11.8. The molecule has 0 saturated heterocycles. The van der Waals surface area contributed by atoms with E-state index in [1.54, 1.807) is 18.2 Å². The predicted octanol–water partition coefficient (Wildman–Crippen LogP) is 1.33. The number of hydrogen-bond acceptors (Lipinski definition) is 3. The average Bonchev–Trinajstić information content (AvgIpc) is 2.28. The molecule has 1 rings (SSSR count). The molecule has 4 nitrogen and oxygen atoms in total. The van der Waals surface area contributed by atoms with Gasteiger partial charge in [0.25, 0.3) is 0 Å². The third kappa shape index (κ3) is 2.61. The lowest BCUT2D eigenvalue weighted by Crippen LogP contribution is -2.35. The fourth-order valence-electron chi connectivity index (χ4n) is 1.05. The summed E-state index contributed by atoms with van der Waals surface area (Å²) in [5.74, 6) is -0.615. The van der Waals surface area contributed by atoms with Gasteiger partial charge in [-0.2, -0.15) is 0 Å². The van der Waals surface area contributed by atoms with Crippen molar-refractivity contribution in [3.63, 3.8) is 0 Å². The van der Waals surface area contributed by atoms with Crippen LogP contribution in [-0.2, 0) is 10.0 Å². The lowest BCUT2D eigenvalue weighted by atomic mass is 10.1. The molecule has 0 aromatic heterocycles. The van der Waals surface area contributed by atoms with Crippen molar-refractivity contribution in [2.24, 2.45) is 0 Å². The monoisotopic (exact) mass is 261 g/mol. The summed E-state index contributed by atoms with van der Waals surface area (Å²) in [6.45, 7) is 0. The summed E-state index contributed by atoms with van der Waals surface area (Å²) in [5, 5.41) is 0. The molecular formula is C10H12ClNO3S. The number of ketones is 1. The van der Waals surface area contributed by atoms with Crippen LogP contribution in [0.3, 0.4) is 0 Å². The van der Waals surface area contributed by atoms with Gasteiger partial charge in [-0.25, -0.2) is 12.7 Å². The van der Waals surface area contributed by atoms with Gasteiger partial charge < -0.3 is 0 Å². The van der Waals surface area contributed by atoms with Crippen molar-refractivity contribution in [2.45, 2.75) is 4.71 Å². The average molecular weight is 262 g/mol. The van der Waals surface area contributed by atoms with Gasteiger partial charge in [-0.1, -0.05) is 41.9 Å². The van der Waals surface area contributed by atoms with E-state index in [9.17, 15) is 13.2 Å². The number of sulfonamides is 1. The number of alkyl halides is 1. The summed E-state index contributed by atoms with van der Waals surface area (Å²) in [4.78, 5) is 11.8. The van der Waals surface area contributed by atoms with E-state index in [0.29, 0.717) is 0 Å². The van der Waals surface area contributed by atoms with Crippen LogP contribution >= 0.6 is 11.6 Å². The molecule has 1 atom stereocenters. The van der Waals surface area contributed by atoms with Crippen LogP contribution in [0.25, 0.3) is 0 Å². The van der Waals surface area contributed by atoms with Gasteiger partial charge >= 0.3 is 0 Å². The molecule has 88 valence electrons. The first-order valence-electron chi connectivity index (χ1n) is 4.52. The molecule has 0 amide bonds. The van der Waals surface area contributed by atoms with E-state index >= 15 is 0 Å². The van der Waals surface area contributed by atoms with Crippen LogP contribution in [0.4, 0.5) is 0 Å². The summed E-state index contributed by atoms with van der Waals surface area (Å²) < 4.78 is 22.6. The molecule has 0 aliphatic rings. The molecule has 0 heterocycles. The van der Waals surface area contributed by atoms with Gasteiger partial charge in [-0.3, -0.25) is 4.79 Å². The van der Waals surface area contributed by atoms with Crippen LogP contribution in [0.1, 0.15) is 10.4 Å². The molecule has 0 bridgehead atoms. The molecule has 0 aliphatic heterocycles. The molecule has 0 spiro atoms. The van der Waals surface area contributed by atoms with Gasteiger partial charge in [0, 0.05) is 19.7 Å². The SMILES string of the molecule is CN(C)S(=O)(=O)C(Cl)C(=O)c1ccccc1. The second kappa shape index (κ2) is 4.95. The highest BCUT2D eigenvalue weighted by atomic mass is 35.5. The van der Waals surface area contributed by atoms with E-state index in [4.69, 9.17) is 11.6 Å². The number of rotatable bonds is 4. The number of carbonyl (C=O) groups is 1. The number of Topliss-reactive ketones (excluding diaryl/α,β-unsaturated/α-hetero) is 1. The third-order valence-corrected chi connectivity index (χ3v) is 4.66. The second-order valence-corrected chi connectivity index (χ2v) is 6.30. The highest BCUT2D eigenvalue weighted by molar-refractivity contribution is 7.91. The minimum absolute atomic E-state index is 0.285. The normalized spacial score (nSPS) is 13.8. The lowest BCUT2D eigenvalue weighted by Gasteiger charge is -2.15. The molecule has 1 aromatic carbocycles. The minimum atomic E-state index is -3.78. The maximum Gasteiger partial charge on any atom is 0.238 e. The van der Waals surface area contributed by atoms with Crippen molar-refractivity contribution >= 4 is 27.4 Å². The molecule has 6 heteroatoms. The Kier molecular flexibility index (Phi) is 4.07. The van der Waals surface area contributed by atoms with E-state index < -0.39 is 20.5 Å². The summed E-state index contributed by atoms with van der Waals surface area (Å²) >= 11 is 5.67. The summed E-state index contributed by atoms with van der Waals surface area (Å²) in [6, 6.07) is 8.10. The highest BCUT2D eigenvalue weighted by Crippen LogP contribution is 2.16. The van der Waals surface area contributed by atoms with Gasteiger partial charge in [-0.15, -0.1) is 0 Å². The van der Waals surface area contributed by atoms with Crippen molar-refractivity contribution in [1.29, 1.82) is 0 Å². The molecule has 0 radical (unpaired) electrons. The van der Waals surface area contributed by atoms with Gasteiger partial charge in [0.2, 0.25) is 14.7 Å². The van der Waals surface area contributed by atoms with Crippen molar-refractivity contribution < 1.29 is 13.2 Å². The van der Waals surface area contributed by atoms with E-state index in [-0.39, 0.29) is 5.56 Å². The highest BCUT2D eigenvalue weighted by Gasteiger charge is 2.32. The van der Waals surface area contributed by atoms with Gasteiger partial charge in [0.1, 0.15) is 0 Å². The zero-order valence-corrected chi connectivity index (χ0v) is 10.5. The summed E-state index contributed by atoms with van der Waals surface area (Å²) in [5.41, 5.74) is 0.285. The first-order valence-corrected chi connectivity index (χ1v) is 6.46. The summed E-state index contributed by atoms with van der Waals surface area (Å²) in [6.07, 6.45) is 0. The molecule has 1 aromatic rings. The van der Waals surface area contributed by atoms with E-state index in [1.807, 2.05) is 0 Å². The van der Waals surface area contributed by atoms with Gasteiger partial charge in [0.15, 0.2) is 5.78 Å². The van der Waals surface area contributed by atoms with E-state index in [1.165, 1.54) is 26.2 Å². The standard InChI is InChI=1S/C10H12ClNO3S/c1-12(2)16(14,15)10(11)9(13)8-6-4-3-5-7-8/h3-7,10H,1-2H3. The molecule has 0 N–H and O–H groups in total. The van der Waals surface area contributed by atoms with Crippen LogP contribution in [0, 0.1) is 0 Å². The fraction of sp³-hybridized carbons (Fsp3) is 0.300. The van der Waals surface area contributed by atoms with Gasteiger partial charge in [-0.05, 0) is 0 Å². The molecule has 0 fully saturated rings. The van der Waals surface area contributed by atoms with Crippen molar-refractivity contribution in [3.8, 4) is 0 Å². The van der Waals surface area contributed by atoms with E-state index in [0.717, 1.165) is 4.31 Å². The van der Waals surface area contributed by atoms with Crippen LogP contribution in [0.15, 0.2) is 30.3 Å². The number of nitrogens with zero attached hydrogens (tertiary/aromatic N) is 1. The minimum Gasteiger partial charge on any atom is -0.291 e. The Hall–Kier alpha value is -0.910. The first-order chi connectivity index (χ1) is 7.37. The molecule has 1 unspecified atom stereocenters. The fourth-order valence-corrected chi connectivity index (χ4v) is 2.43. The third-order valence-electron chi connectivity index (χ3n) is 2.03. The number of halogens is 1. The Morgan fingerprint density at radius 1 is 1.25 bits per heavy atom. The Balaban J connectivity index is 3.01. The smallest absolute Gasteiger partial charge is 0.238 e. The molecule has 16 heavy (non-hydrogen) atoms. The topological polar surface area (TPSA) is 54.5 Å². The zero-order valence-electron chi connectivity index (χ0n) is 8.92. The number of carbonyl (C=O) groups excluding carboxylic acids is 1. The molecule has 0 saturated carbocycles. The Bertz CT molecular complexity index is 470. The predicted molar refractivity (Wildman–Crippen MR) is 63.0 cm³/mol. The Morgan fingerprint density at radius 3 is 2.19 bits per heavy atom. The van der Waals surface area contributed by atoms with Crippen LogP contribution in [-0.4, -0.2) is 37.3 Å². The largest absolute Gasteiger partial charge is 0.291 e. The number of benzene rings is 1. The quantitative estimate of drug-likeness (QED) is 0.607. The van der Waals surface area contributed by atoms with Crippen LogP contribution in [0.2, 0.25) is 0 Å². The lowest BCUT2D eigenvalue weighted by molar-refractivity contribution is 0.101. The van der Waals surface area contributed by atoms with Crippen molar-refractivity contribution in [2.75, 3.05) is 14.1 Å². The maximum atomic E-state index is 11.8. The first kappa shape index (κ1) is 13.2. The molecular weight excluding hydrogens is 250 g/mol. The Labute approximate surface area is 99.9 Å². The Morgan fingerprint density at radius 2 is 1.75 bits per heavy atom. The van der Waals surface area contributed by atoms with Crippen LogP contribution < -0.4 is 0 Å². The van der Waals surface area contributed by atoms with Crippen molar-refractivity contribution in [3.05, 3.63) is 35.9 Å². The van der Waals surface area contributed by atoms with Gasteiger partial charge in [0.05, 0.1) is 0 Å². The van der Waals surface area contributed by atoms with Crippen molar-refractivity contribution in [1.82, 2.24) is 4.31 Å². The zero-order chi connectivity index (χ0) is 12.3. The van der Waals surface area contributed by atoms with E-state index in [2.05, 4.69) is 0 Å². The summed E-state index contributed by atoms with van der Waals surface area (Å²) in [7, 11) is -1.10. The molecule has 0 aliphatic carbocycles.